The quantitative estimate of drug-likeness (QED) is 0.717. The van der Waals surface area contributed by atoms with Gasteiger partial charge in [-0.3, -0.25) is 4.79 Å². The van der Waals surface area contributed by atoms with E-state index in [1.54, 1.807) is 9.80 Å². The molecule has 86 valence electrons. The Labute approximate surface area is 89.7 Å². The smallest absolute Gasteiger partial charge is 0.320 e. The summed E-state index contributed by atoms with van der Waals surface area (Å²) in [4.78, 5) is 25.5. The predicted octanol–water partition coefficient (Wildman–Crippen LogP) is 0.999. The van der Waals surface area contributed by atoms with E-state index < -0.39 is 5.97 Å². The molecule has 0 atom stereocenters. The highest BCUT2D eigenvalue weighted by molar-refractivity contribution is 5.77. The number of carbonyl (C=O) groups is 2. The van der Waals surface area contributed by atoms with E-state index >= 15 is 0 Å². The number of carbonyl (C=O) groups excluding carboxylic acids is 1. The molecule has 0 unspecified atom stereocenters. The number of rotatable bonds is 6. The molecule has 0 radical (unpaired) electrons. The van der Waals surface area contributed by atoms with E-state index in [9.17, 15) is 9.59 Å². The third-order valence-electron chi connectivity index (χ3n) is 2.56. The molecule has 0 saturated carbocycles. The predicted molar refractivity (Wildman–Crippen MR) is 55.7 cm³/mol. The fourth-order valence-electron chi connectivity index (χ4n) is 1.63. The zero-order valence-electron chi connectivity index (χ0n) is 9.11. The zero-order valence-corrected chi connectivity index (χ0v) is 9.11. The Morgan fingerprint density at radius 2 is 1.93 bits per heavy atom. The molecule has 0 spiro atoms. The third kappa shape index (κ3) is 3.42. The van der Waals surface area contributed by atoms with Crippen molar-refractivity contribution in [3.8, 4) is 0 Å². The summed E-state index contributed by atoms with van der Waals surface area (Å²) < 4.78 is 0. The van der Waals surface area contributed by atoms with Crippen molar-refractivity contribution in [3.63, 3.8) is 0 Å². The first-order chi connectivity index (χ1) is 7.15. The van der Waals surface area contributed by atoms with Crippen molar-refractivity contribution in [1.29, 1.82) is 0 Å². The highest BCUT2D eigenvalue weighted by Gasteiger charge is 2.27. The Kier molecular flexibility index (Phi) is 4.39. The summed E-state index contributed by atoms with van der Waals surface area (Å²) in [5.41, 5.74) is 0. The molecule has 0 aromatic rings. The number of carboxylic acids is 1. The molecule has 0 aromatic heterocycles. The van der Waals surface area contributed by atoms with Gasteiger partial charge in [-0.15, -0.1) is 0 Å². The summed E-state index contributed by atoms with van der Waals surface area (Å²) in [6, 6.07) is -0.00954. The second kappa shape index (κ2) is 5.58. The second-order valence-electron chi connectivity index (χ2n) is 3.75. The standard InChI is InChI=1S/C10H18N2O3/c1-2-3-5-11-7-8-12(10(11)15)6-4-9(13)14/h2-8H2,1H3,(H,13,14). The van der Waals surface area contributed by atoms with E-state index in [1.165, 1.54) is 0 Å². The van der Waals surface area contributed by atoms with E-state index in [2.05, 4.69) is 6.92 Å². The van der Waals surface area contributed by atoms with Crippen molar-refractivity contribution in [3.05, 3.63) is 0 Å². The van der Waals surface area contributed by atoms with Crippen LogP contribution in [0.25, 0.3) is 0 Å². The number of nitrogens with zero attached hydrogens (tertiary/aromatic N) is 2. The molecule has 1 saturated heterocycles. The Morgan fingerprint density at radius 1 is 1.33 bits per heavy atom. The van der Waals surface area contributed by atoms with Crippen LogP contribution >= 0.6 is 0 Å². The largest absolute Gasteiger partial charge is 0.481 e. The van der Waals surface area contributed by atoms with Gasteiger partial charge >= 0.3 is 12.0 Å². The van der Waals surface area contributed by atoms with Crippen molar-refractivity contribution in [2.45, 2.75) is 26.2 Å². The SMILES string of the molecule is CCCCN1CCN(CCC(=O)O)C1=O. The maximum atomic E-state index is 11.7. The van der Waals surface area contributed by atoms with Crippen LogP contribution in [0.15, 0.2) is 0 Å². The molecular formula is C10H18N2O3. The molecule has 1 rings (SSSR count). The van der Waals surface area contributed by atoms with Crippen LogP contribution in [0.5, 0.6) is 0 Å². The van der Waals surface area contributed by atoms with Crippen molar-refractivity contribution in [2.24, 2.45) is 0 Å². The molecule has 0 aromatic carbocycles. The fraction of sp³-hybridized carbons (Fsp3) is 0.800. The number of urea groups is 1. The molecule has 1 heterocycles. The van der Waals surface area contributed by atoms with Gasteiger partial charge in [-0.1, -0.05) is 13.3 Å². The van der Waals surface area contributed by atoms with E-state index in [-0.39, 0.29) is 12.5 Å². The van der Waals surface area contributed by atoms with Crippen LogP contribution in [-0.4, -0.2) is 53.1 Å². The van der Waals surface area contributed by atoms with Gasteiger partial charge in [0, 0.05) is 26.2 Å². The Morgan fingerprint density at radius 3 is 2.47 bits per heavy atom. The van der Waals surface area contributed by atoms with Crippen LogP contribution < -0.4 is 0 Å². The lowest BCUT2D eigenvalue weighted by Crippen LogP contribution is -2.33. The Hall–Kier alpha value is -1.26. The molecule has 1 aliphatic heterocycles. The van der Waals surface area contributed by atoms with Gasteiger partial charge in [-0.05, 0) is 6.42 Å². The summed E-state index contributed by atoms with van der Waals surface area (Å²) in [7, 11) is 0. The summed E-state index contributed by atoms with van der Waals surface area (Å²) in [6.45, 7) is 4.60. The molecule has 1 N–H and O–H groups in total. The first-order valence-corrected chi connectivity index (χ1v) is 5.40. The topological polar surface area (TPSA) is 60.9 Å². The summed E-state index contributed by atoms with van der Waals surface area (Å²) in [5.74, 6) is -0.852. The lowest BCUT2D eigenvalue weighted by atomic mass is 10.3. The van der Waals surface area contributed by atoms with Crippen molar-refractivity contribution in [1.82, 2.24) is 9.80 Å². The second-order valence-corrected chi connectivity index (χ2v) is 3.75. The molecule has 0 aliphatic carbocycles. The highest BCUT2D eigenvalue weighted by atomic mass is 16.4. The van der Waals surface area contributed by atoms with Crippen LogP contribution in [0.4, 0.5) is 4.79 Å². The summed E-state index contributed by atoms with van der Waals surface area (Å²) >= 11 is 0. The maximum Gasteiger partial charge on any atom is 0.320 e. The van der Waals surface area contributed by atoms with Crippen molar-refractivity contribution in [2.75, 3.05) is 26.2 Å². The van der Waals surface area contributed by atoms with Gasteiger partial charge in [0.2, 0.25) is 0 Å². The summed E-state index contributed by atoms with van der Waals surface area (Å²) in [6.07, 6.45) is 2.12. The van der Waals surface area contributed by atoms with E-state index in [4.69, 9.17) is 5.11 Å². The first-order valence-electron chi connectivity index (χ1n) is 5.40. The van der Waals surface area contributed by atoms with Crippen LogP contribution in [0.2, 0.25) is 0 Å². The minimum Gasteiger partial charge on any atom is -0.481 e. The molecule has 5 heteroatoms. The van der Waals surface area contributed by atoms with Crippen LogP contribution in [0.1, 0.15) is 26.2 Å². The van der Waals surface area contributed by atoms with Crippen LogP contribution in [0.3, 0.4) is 0 Å². The lowest BCUT2D eigenvalue weighted by molar-refractivity contribution is -0.137. The fourth-order valence-corrected chi connectivity index (χ4v) is 1.63. The number of hydrogen-bond donors (Lipinski definition) is 1. The van der Waals surface area contributed by atoms with Gasteiger partial charge in [0.25, 0.3) is 0 Å². The van der Waals surface area contributed by atoms with Gasteiger partial charge in [0.05, 0.1) is 6.42 Å². The average Bonchev–Trinajstić information content (AvgIpc) is 2.54. The molecular weight excluding hydrogens is 196 g/mol. The Balaban J connectivity index is 2.32. The Bertz CT molecular complexity index is 243. The van der Waals surface area contributed by atoms with Crippen molar-refractivity contribution < 1.29 is 14.7 Å². The molecule has 1 fully saturated rings. The number of unbranched alkanes of at least 4 members (excludes halogenated alkanes) is 1. The molecule has 1 aliphatic rings. The highest BCUT2D eigenvalue weighted by Crippen LogP contribution is 2.10. The number of amides is 2. The average molecular weight is 214 g/mol. The van der Waals surface area contributed by atoms with Gasteiger partial charge in [0.15, 0.2) is 0 Å². The zero-order chi connectivity index (χ0) is 11.3. The molecule has 0 bridgehead atoms. The van der Waals surface area contributed by atoms with Crippen LogP contribution in [-0.2, 0) is 4.79 Å². The first kappa shape index (κ1) is 11.8. The minimum absolute atomic E-state index is 0.00954. The molecule has 2 amide bonds. The van der Waals surface area contributed by atoms with Crippen LogP contribution in [0, 0.1) is 0 Å². The van der Waals surface area contributed by atoms with Gasteiger partial charge in [0.1, 0.15) is 0 Å². The third-order valence-corrected chi connectivity index (χ3v) is 2.56. The van der Waals surface area contributed by atoms with Gasteiger partial charge in [-0.25, -0.2) is 4.79 Å². The number of aliphatic carboxylic acids is 1. The lowest BCUT2D eigenvalue weighted by Gasteiger charge is -2.17. The minimum atomic E-state index is -0.852. The maximum absolute atomic E-state index is 11.7. The number of carboxylic acid groups (broad SMARTS) is 1. The van der Waals surface area contributed by atoms with E-state index in [0.717, 1.165) is 25.9 Å². The van der Waals surface area contributed by atoms with E-state index in [1.807, 2.05) is 0 Å². The van der Waals surface area contributed by atoms with E-state index in [0.29, 0.717) is 13.1 Å². The van der Waals surface area contributed by atoms with Gasteiger partial charge in [-0.2, -0.15) is 0 Å². The normalized spacial score (nSPS) is 16.2. The number of hydrogen-bond acceptors (Lipinski definition) is 2. The molecule has 5 nitrogen and oxygen atoms in total. The van der Waals surface area contributed by atoms with Crippen molar-refractivity contribution >= 4 is 12.0 Å². The van der Waals surface area contributed by atoms with Gasteiger partial charge < -0.3 is 14.9 Å². The summed E-state index contributed by atoms with van der Waals surface area (Å²) in [5, 5.41) is 8.52. The molecule has 15 heavy (non-hydrogen) atoms. The monoisotopic (exact) mass is 214 g/mol.